The first-order valence-corrected chi connectivity index (χ1v) is 7.42. The molecule has 100 valence electrons. The van der Waals surface area contributed by atoms with Crippen molar-refractivity contribution in [2.24, 2.45) is 0 Å². The van der Waals surface area contributed by atoms with Gasteiger partial charge in [0.2, 0.25) is 0 Å². The second-order valence-corrected chi connectivity index (χ2v) is 5.61. The van der Waals surface area contributed by atoms with Crippen LogP contribution in [0.1, 0.15) is 49.6 Å². The molecule has 1 aromatic rings. The smallest absolute Gasteiger partial charge is 0.330 e. The van der Waals surface area contributed by atoms with Gasteiger partial charge in [-0.3, -0.25) is 5.32 Å². The van der Waals surface area contributed by atoms with E-state index in [0.717, 1.165) is 17.8 Å². The lowest BCUT2D eigenvalue weighted by molar-refractivity contribution is -0.143. The molecule has 1 N–H and O–H groups in total. The van der Waals surface area contributed by atoms with Gasteiger partial charge in [-0.25, -0.2) is 9.78 Å². The zero-order valence-corrected chi connectivity index (χ0v) is 11.5. The number of hydrogen-bond acceptors (Lipinski definition) is 5. The highest BCUT2D eigenvalue weighted by molar-refractivity contribution is 7.09. The Morgan fingerprint density at radius 1 is 1.44 bits per heavy atom. The van der Waals surface area contributed by atoms with Crippen molar-refractivity contribution < 1.29 is 9.53 Å². The summed E-state index contributed by atoms with van der Waals surface area (Å²) in [5.74, 6) is -0.241. The average molecular weight is 268 g/mol. The van der Waals surface area contributed by atoms with E-state index in [4.69, 9.17) is 4.74 Å². The maximum atomic E-state index is 11.9. The topological polar surface area (TPSA) is 51.2 Å². The number of carbonyl (C=O) groups excluding carboxylic acids is 1. The summed E-state index contributed by atoms with van der Waals surface area (Å²) < 4.78 is 4.87. The van der Waals surface area contributed by atoms with Crippen LogP contribution < -0.4 is 5.32 Å². The van der Waals surface area contributed by atoms with Gasteiger partial charge in [-0.15, -0.1) is 11.3 Å². The molecule has 0 aromatic carbocycles. The van der Waals surface area contributed by atoms with Crippen LogP contribution in [0.5, 0.6) is 0 Å². The molecule has 0 amide bonds. The first kappa shape index (κ1) is 13.5. The quantitative estimate of drug-likeness (QED) is 0.674. The number of aromatic nitrogens is 1. The average Bonchev–Trinajstić information content (AvgIpc) is 2.79. The van der Waals surface area contributed by atoms with Crippen LogP contribution in [0.3, 0.4) is 0 Å². The minimum atomic E-state index is -0.405. The number of methoxy groups -OCH3 is 1. The van der Waals surface area contributed by atoms with Crippen LogP contribution in [0.25, 0.3) is 0 Å². The second-order valence-electron chi connectivity index (χ2n) is 4.68. The van der Waals surface area contributed by atoms with Gasteiger partial charge in [-0.05, 0) is 12.8 Å². The van der Waals surface area contributed by atoms with Crippen molar-refractivity contribution in [2.45, 2.75) is 50.6 Å². The molecular weight excluding hydrogens is 248 g/mol. The zero-order chi connectivity index (χ0) is 12.8. The Hall–Kier alpha value is -0.940. The van der Waals surface area contributed by atoms with E-state index in [1.807, 2.05) is 5.38 Å². The van der Waals surface area contributed by atoms with Gasteiger partial charge >= 0.3 is 5.97 Å². The monoisotopic (exact) mass is 268 g/mol. The molecule has 5 heteroatoms. The molecule has 0 radical (unpaired) electrons. The van der Waals surface area contributed by atoms with Gasteiger partial charge in [0.25, 0.3) is 0 Å². The van der Waals surface area contributed by atoms with Crippen LogP contribution in [-0.2, 0) is 9.53 Å². The van der Waals surface area contributed by atoms with Gasteiger partial charge < -0.3 is 4.74 Å². The molecule has 2 rings (SSSR count). The molecule has 1 fully saturated rings. The number of thiazole rings is 1. The minimum Gasteiger partial charge on any atom is -0.468 e. The number of nitrogens with zero attached hydrogens (tertiary/aromatic N) is 1. The van der Waals surface area contributed by atoms with Crippen molar-refractivity contribution in [3.63, 3.8) is 0 Å². The molecule has 1 heterocycles. The fraction of sp³-hybridized carbons (Fsp3) is 0.692. The number of carbonyl (C=O) groups is 1. The Morgan fingerprint density at radius 2 is 2.17 bits per heavy atom. The van der Waals surface area contributed by atoms with E-state index >= 15 is 0 Å². The van der Waals surface area contributed by atoms with Crippen molar-refractivity contribution in [1.29, 1.82) is 0 Å². The highest BCUT2D eigenvalue weighted by atomic mass is 32.1. The molecule has 0 bridgehead atoms. The summed E-state index contributed by atoms with van der Waals surface area (Å²) in [6.07, 6.45) is 9.09. The minimum absolute atomic E-state index is 0.241. The lowest BCUT2D eigenvalue weighted by Crippen LogP contribution is -2.37. The SMILES string of the molecule is COC(=O)C(NC1CCCCCC1)c1nccs1. The Morgan fingerprint density at radius 3 is 2.72 bits per heavy atom. The lowest BCUT2D eigenvalue weighted by Gasteiger charge is -2.21. The van der Waals surface area contributed by atoms with Gasteiger partial charge in [-0.2, -0.15) is 0 Å². The number of rotatable bonds is 4. The molecule has 0 saturated heterocycles. The first-order chi connectivity index (χ1) is 8.81. The molecule has 0 spiro atoms. The summed E-state index contributed by atoms with van der Waals surface area (Å²) in [6, 6.07) is -0.00130. The van der Waals surface area contributed by atoms with Crippen LogP contribution in [0.4, 0.5) is 0 Å². The third kappa shape index (κ3) is 3.53. The highest BCUT2D eigenvalue weighted by Crippen LogP contribution is 2.23. The van der Waals surface area contributed by atoms with Crippen LogP contribution in [0, 0.1) is 0 Å². The summed E-state index contributed by atoms with van der Waals surface area (Å²) in [5.41, 5.74) is 0. The predicted octanol–water partition coefficient (Wildman–Crippen LogP) is 2.67. The van der Waals surface area contributed by atoms with E-state index in [-0.39, 0.29) is 5.97 Å². The van der Waals surface area contributed by atoms with Crippen LogP contribution in [0.15, 0.2) is 11.6 Å². The Balaban J connectivity index is 2.02. The van der Waals surface area contributed by atoms with E-state index in [9.17, 15) is 4.79 Å². The molecule has 1 aliphatic rings. The summed E-state index contributed by atoms with van der Waals surface area (Å²) in [4.78, 5) is 16.1. The Bertz CT molecular complexity index is 359. The highest BCUT2D eigenvalue weighted by Gasteiger charge is 2.27. The van der Waals surface area contributed by atoms with Crippen molar-refractivity contribution in [3.8, 4) is 0 Å². The van der Waals surface area contributed by atoms with Crippen molar-refractivity contribution in [1.82, 2.24) is 10.3 Å². The molecule has 1 aliphatic carbocycles. The molecule has 1 unspecified atom stereocenters. The molecule has 1 saturated carbocycles. The van der Waals surface area contributed by atoms with Crippen LogP contribution in [-0.4, -0.2) is 24.1 Å². The van der Waals surface area contributed by atoms with Crippen molar-refractivity contribution in [2.75, 3.05) is 7.11 Å². The van der Waals surface area contributed by atoms with Crippen molar-refractivity contribution >= 4 is 17.3 Å². The van der Waals surface area contributed by atoms with Gasteiger partial charge in [-0.1, -0.05) is 25.7 Å². The zero-order valence-electron chi connectivity index (χ0n) is 10.7. The number of esters is 1. The Labute approximate surface area is 112 Å². The summed E-state index contributed by atoms with van der Waals surface area (Å²) in [6.45, 7) is 0. The molecule has 1 atom stereocenters. The molecule has 1 aromatic heterocycles. The fourth-order valence-electron chi connectivity index (χ4n) is 2.42. The van der Waals surface area contributed by atoms with Crippen molar-refractivity contribution in [3.05, 3.63) is 16.6 Å². The number of ether oxygens (including phenoxy) is 1. The predicted molar refractivity (Wildman–Crippen MR) is 71.5 cm³/mol. The molecular formula is C13H20N2O2S. The molecule has 18 heavy (non-hydrogen) atoms. The molecule has 0 aliphatic heterocycles. The lowest BCUT2D eigenvalue weighted by atomic mass is 10.1. The van der Waals surface area contributed by atoms with Gasteiger partial charge in [0.05, 0.1) is 7.11 Å². The van der Waals surface area contributed by atoms with E-state index in [1.54, 1.807) is 6.20 Å². The standard InChI is InChI=1S/C13H20N2O2S/c1-17-13(16)11(12-14-8-9-18-12)15-10-6-4-2-3-5-7-10/h8-11,15H,2-7H2,1H3. The van der Waals surface area contributed by atoms with E-state index < -0.39 is 6.04 Å². The summed E-state index contributed by atoms with van der Waals surface area (Å²) >= 11 is 1.49. The van der Waals surface area contributed by atoms with Gasteiger partial charge in [0.15, 0.2) is 6.04 Å². The third-order valence-electron chi connectivity index (χ3n) is 3.39. The number of hydrogen-bond donors (Lipinski definition) is 1. The fourth-order valence-corrected chi connectivity index (χ4v) is 3.10. The van der Waals surface area contributed by atoms with Crippen LogP contribution in [0.2, 0.25) is 0 Å². The molecule has 4 nitrogen and oxygen atoms in total. The maximum absolute atomic E-state index is 11.9. The van der Waals surface area contributed by atoms with Gasteiger partial charge in [0, 0.05) is 17.6 Å². The second kappa shape index (κ2) is 6.85. The third-order valence-corrected chi connectivity index (χ3v) is 4.23. The van der Waals surface area contributed by atoms with E-state index in [0.29, 0.717) is 6.04 Å². The largest absolute Gasteiger partial charge is 0.468 e. The Kier molecular flexibility index (Phi) is 5.13. The summed E-state index contributed by atoms with van der Waals surface area (Å²) in [5, 5.41) is 6.11. The van der Waals surface area contributed by atoms with E-state index in [2.05, 4.69) is 10.3 Å². The summed E-state index contributed by atoms with van der Waals surface area (Å²) in [7, 11) is 1.43. The normalized spacial score (nSPS) is 19.2. The maximum Gasteiger partial charge on any atom is 0.330 e. The first-order valence-electron chi connectivity index (χ1n) is 6.54. The van der Waals surface area contributed by atoms with E-state index in [1.165, 1.54) is 44.1 Å². The van der Waals surface area contributed by atoms with Crippen LogP contribution >= 0.6 is 11.3 Å². The number of nitrogens with one attached hydrogen (secondary N) is 1. The van der Waals surface area contributed by atoms with Gasteiger partial charge in [0.1, 0.15) is 5.01 Å².